The molecule has 82 valence electrons. The molecule has 1 rings (SSSR count). The van der Waals surface area contributed by atoms with E-state index >= 15 is 0 Å². The molecule has 3 N–H and O–H groups in total. The Morgan fingerprint density at radius 3 is 2.87 bits per heavy atom. The molecule has 0 aromatic heterocycles. The second-order valence-corrected chi connectivity index (χ2v) is 3.80. The van der Waals surface area contributed by atoms with Crippen LogP contribution in [-0.4, -0.2) is 11.9 Å². The van der Waals surface area contributed by atoms with Crippen molar-refractivity contribution in [2.75, 3.05) is 5.73 Å². The Kier molecular flexibility index (Phi) is 4.16. The van der Waals surface area contributed by atoms with Crippen molar-refractivity contribution in [2.45, 2.75) is 32.7 Å². The van der Waals surface area contributed by atoms with E-state index in [0.717, 1.165) is 12.0 Å². The normalized spacial score (nSPS) is 12.1. The van der Waals surface area contributed by atoms with Crippen LogP contribution in [0.2, 0.25) is 0 Å². The molecule has 1 aromatic rings. The Bertz CT molecular complexity index is 336. The largest absolute Gasteiger partial charge is 0.399 e. The first-order valence-corrected chi connectivity index (χ1v) is 5.25. The van der Waals surface area contributed by atoms with Gasteiger partial charge in [-0.25, -0.2) is 0 Å². The highest BCUT2D eigenvalue weighted by Crippen LogP contribution is 2.07. The van der Waals surface area contributed by atoms with E-state index in [4.69, 9.17) is 5.73 Å². The van der Waals surface area contributed by atoms with Crippen LogP contribution in [0.1, 0.15) is 25.8 Å². The molecular formula is C12H18N2O. The van der Waals surface area contributed by atoms with Crippen LogP contribution in [0, 0.1) is 0 Å². The van der Waals surface area contributed by atoms with E-state index in [0.29, 0.717) is 12.1 Å². The third kappa shape index (κ3) is 4.02. The van der Waals surface area contributed by atoms with Crippen molar-refractivity contribution in [3.63, 3.8) is 0 Å². The first kappa shape index (κ1) is 11.6. The van der Waals surface area contributed by atoms with Gasteiger partial charge in [0, 0.05) is 11.7 Å². The summed E-state index contributed by atoms with van der Waals surface area (Å²) in [6, 6.07) is 7.65. The van der Waals surface area contributed by atoms with Gasteiger partial charge in [-0.05, 0) is 31.0 Å². The van der Waals surface area contributed by atoms with Gasteiger partial charge >= 0.3 is 0 Å². The Balaban J connectivity index is 2.51. The lowest BCUT2D eigenvalue weighted by Gasteiger charge is -2.11. The quantitative estimate of drug-likeness (QED) is 0.737. The van der Waals surface area contributed by atoms with Gasteiger partial charge in [-0.1, -0.05) is 19.1 Å². The average Bonchev–Trinajstić information content (AvgIpc) is 2.17. The molecule has 0 radical (unpaired) electrons. The highest BCUT2D eigenvalue weighted by Gasteiger charge is 2.06. The fourth-order valence-corrected chi connectivity index (χ4v) is 1.32. The maximum atomic E-state index is 11.5. The van der Waals surface area contributed by atoms with E-state index in [1.54, 1.807) is 0 Å². The number of nitrogens with one attached hydrogen (secondary N) is 1. The molecule has 0 spiro atoms. The van der Waals surface area contributed by atoms with E-state index in [1.807, 2.05) is 38.1 Å². The lowest BCUT2D eigenvalue weighted by Crippen LogP contribution is -2.33. The van der Waals surface area contributed by atoms with Gasteiger partial charge in [0.2, 0.25) is 5.91 Å². The molecule has 0 aliphatic rings. The Morgan fingerprint density at radius 2 is 2.27 bits per heavy atom. The second kappa shape index (κ2) is 5.39. The summed E-state index contributed by atoms with van der Waals surface area (Å²) in [7, 11) is 0. The molecule has 1 amide bonds. The summed E-state index contributed by atoms with van der Waals surface area (Å²) < 4.78 is 0. The summed E-state index contributed by atoms with van der Waals surface area (Å²) in [4.78, 5) is 11.5. The van der Waals surface area contributed by atoms with E-state index in [2.05, 4.69) is 5.32 Å². The van der Waals surface area contributed by atoms with Crippen LogP contribution in [0.4, 0.5) is 5.69 Å². The van der Waals surface area contributed by atoms with Gasteiger partial charge in [-0.2, -0.15) is 0 Å². The van der Waals surface area contributed by atoms with Crippen molar-refractivity contribution >= 4 is 11.6 Å². The molecule has 0 aliphatic heterocycles. The summed E-state index contributed by atoms with van der Waals surface area (Å²) in [6.07, 6.45) is 1.35. The van der Waals surface area contributed by atoms with E-state index in [1.165, 1.54) is 0 Å². The van der Waals surface area contributed by atoms with E-state index in [-0.39, 0.29) is 11.9 Å². The maximum absolute atomic E-state index is 11.5. The third-order valence-corrected chi connectivity index (χ3v) is 2.34. The van der Waals surface area contributed by atoms with E-state index < -0.39 is 0 Å². The number of hydrogen-bond acceptors (Lipinski definition) is 2. The number of nitrogens with two attached hydrogens (primary N) is 1. The SMILES string of the molecule is CC[C@@H](C)NC(=O)Cc1cccc(N)c1. The highest BCUT2D eigenvalue weighted by atomic mass is 16.1. The number of amides is 1. The number of hydrogen-bond donors (Lipinski definition) is 2. The van der Waals surface area contributed by atoms with Crippen LogP contribution >= 0.6 is 0 Å². The number of carbonyl (C=O) groups excluding carboxylic acids is 1. The van der Waals surface area contributed by atoms with Crippen LogP contribution in [0.15, 0.2) is 24.3 Å². The Labute approximate surface area is 90.7 Å². The van der Waals surface area contributed by atoms with Gasteiger partial charge in [-0.15, -0.1) is 0 Å². The minimum Gasteiger partial charge on any atom is -0.399 e. The Hall–Kier alpha value is -1.51. The molecule has 0 unspecified atom stereocenters. The molecular weight excluding hydrogens is 188 g/mol. The average molecular weight is 206 g/mol. The van der Waals surface area contributed by atoms with Crippen LogP contribution in [0.3, 0.4) is 0 Å². The second-order valence-electron chi connectivity index (χ2n) is 3.80. The number of anilines is 1. The zero-order valence-corrected chi connectivity index (χ0v) is 9.29. The predicted octanol–water partition coefficient (Wildman–Crippen LogP) is 1.73. The Morgan fingerprint density at radius 1 is 1.53 bits per heavy atom. The van der Waals surface area contributed by atoms with Gasteiger partial charge in [0.25, 0.3) is 0 Å². The molecule has 3 nitrogen and oxygen atoms in total. The predicted molar refractivity (Wildman–Crippen MR) is 62.5 cm³/mol. The molecule has 0 heterocycles. The molecule has 0 bridgehead atoms. The molecule has 1 atom stereocenters. The highest BCUT2D eigenvalue weighted by molar-refractivity contribution is 5.79. The molecule has 0 saturated heterocycles. The maximum Gasteiger partial charge on any atom is 0.224 e. The van der Waals surface area contributed by atoms with E-state index in [9.17, 15) is 4.79 Å². The first-order chi connectivity index (χ1) is 7.11. The summed E-state index contributed by atoms with van der Waals surface area (Å²) in [5, 5.41) is 2.92. The van der Waals surface area contributed by atoms with Crippen LogP contribution in [0.5, 0.6) is 0 Å². The van der Waals surface area contributed by atoms with Crippen molar-refractivity contribution in [3.05, 3.63) is 29.8 Å². The van der Waals surface area contributed by atoms with Gasteiger partial charge in [-0.3, -0.25) is 4.79 Å². The zero-order valence-electron chi connectivity index (χ0n) is 9.29. The fourth-order valence-electron chi connectivity index (χ4n) is 1.32. The lowest BCUT2D eigenvalue weighted by atomic mass is 10.1. The summed E-state index contributed by atoms with van der Waals surface area (Å²) in [5.41, 5.74) is 7.28. The molecule has 0 fully saturated rings. The molecule has 3 heteroatoms. The molecule has 0 saturated carbocycles. The molecule has 0 aliphatic carbocycles. The third-order valence-electron chi connectivity index (χ3n) is 2.34. The van der Waals surface area contributed by atoms with Crippen molar-refractivity contribution in [3.8, 4) is 0 Å². The lowest BCUT2D eigenvalue weighted by molar-refractivity contribution is -0.121. The molecule has 15 heavy (non-hydrogen) atoms. The minimum absolute atomic E-state index is 0.0509. The monoisotopic (exact) mass is 206 g/mol. The van der Waals surface area contributed by atoms with Crippen molar-refractivity contribution in [2.24, 2.45) is 0 Å². The van der Waals surface area contributed by atoms with Crippen LogP contribution in [-0.2, 0) is 11.2 Å². The fraction of sp³-hybridized carbons (Fsp3) is 0.417. The van der Waals surface area contributed by atoms with Gasteiger partial charge < -0.3 is 11.1 Å². The zero-order chi connectivity index (χ0) is 11.3. The first-order valence-electron chi connectivity index (χ1n) is 5.25. The smallest absolute Gasteiger partial charge is 0.224 e. The van der Waals surface area contributed by atoms with Gasteiger partial charge in [0.15, 0.2) is 0 Å². The standard InChI is InChI=1S/C12H18N2O/c1-3-9(2)14-12(15)8-10-5-4-6-11(13)7-10/h4-7,9H,3,8,13H2,1-2H3,(H,14,15)/t9-/m1/s1. The van der Waals surface area contributed by atoms with Crippen molar-refractivity contribution in [1.82, 2.24) is 5.32 Å². The number of carbonyl (C=O) groups is 1. The van der Waals surface area contributed by atoms with Crippen molar-refractivity contribution in [1.29, 1.82) is 0 Å². The number of benzene rings is 1. The molecule has 1 aromatic carbocycles. The number of rotatable bonds is 4. The number of nitrogen functional groups attached to an aromatic ring is 1. The van der Waals surface area contributed by atoms with Crippen LogP contribution in [0.25, 0.3) is 0 Å². The van der Waals surface area contributed by atoms with Crippen LogP contribution < -0.4 is 11.1 Å². The minimum atomic E-state index is 0.0509. The summed E-state index contributed by atoms with van der Waals surface area (Å²) >= 11 is 0. The summed E-state index contributed by atoms with van der Waals surface area (Å²) in [6.45, 7) is 4.04. The topological polar surface area (TPSA) is 55.1 Å². The van der Waals surface area contributed by atoms with Gasteiger partial charge in [0.1, 0.15) is 0 Å². The van der Waals surface area contributed by atoms with Crippen molar-refractivity contribution < 1.29 is 4.79 Å². The summed E-state index contributed by atoms with van der Waals surface area (Å²) in [5.74, 6) is 0.0509. The van der Waals surface area contributed by atoms with Gasteiger partial charge in [0.05, 0.1) is 6.42 Å².